The zero-order valence-electron chi connectivity index (χ0n) is 17.3. The summed E-state index contributed by atoms with van der Waals surface area (Å²) >= 11 is 0. The van der Waals surface area contributed by atoms with Crippen molar-refractivity contribution in [1.82, 2.24) is 5.32 Å². The molecule has 1 N–H and O–H groups in total. The Bertz CT molecular complexity index is 1020. The number of para-hydroxylation sites is 2. The highest BCUT2D eigenvalue weighted by Crippen LogP contribution is 2.30. The van der Waals surface area contributed by atoms with Gasteiger partial charge in [-0.1, -0.05) is 12.1 Å². The second kappa shape index (κ2) is 9.55. The molecule has 0 saturated carbocycles. The van der Waals surface area contributed by atoms with E-state index in [0.29, 0.717) is 18.1 Å². The van der Waals surface area contributed by atoms with Crippen LogP contribution in [-0.2, 0) is 6.61 Å². The van der Waals surface area contributed by atoms with Crippen LogP contribution in [-0.4, -0.2) is 32.1 Å². The standard InChI is InChI=1S/C24H25FN2O4/c1-29-22-7-3-2-6-21(22)27-14-4-5-18(15-27)26-24(28)23-13-12-20(31-23)16-30-19-10-8-17(25)9-11-19/h2-3,6-13,18H,4-5,14-16H2,1H3,(H,26,28). The van der Waals surface area contributed by atoms with Gasteiger partial charge in [0.05, 0.1) is 12.8 Å². The van der Waals surface area contributed by atoms with Crippen molar-refractivity contribution in [2.24, 2.45) is 0 Å². The Balaban J connectivity index is 1.33. The number of anilines is 1. The van der Waals surface area contributed by atoms with Gasteiger partial charge in [0.1, 0.15) is 29.7 Å². The van der Waals surface area contributed by atoms with Gasteiger partial charge in [-0.3, -0.25) is 4.79 Å². The van der Waals surface area contributed by atoms with Crippen molar-refractivity contribution in [2.45, 2.75) is 25.5 Å². The Morgan fingerprint density at radius 2 is 1.97 bits per heavy atom. The molecule has 2 heterocycles. The summed E-state index contributed by atoms with van der Waals surface area (Å²) in [4.78, 5) is 14.9. The first kappa shape index (κ1) is 20.8. The lowest BCUT2D eigenvalue weighted by atomic mass is 10.0. The number of methoxy groups -OCH3 is 1. The zero-order chi connectivity index (χ0) is 21.6. The molecule has 162 valence electrons. The predicted molar refractivity (Wildman–Crippen MR) is 115 cm³/mol. The van der Waals surface area contributed by atoms with Crippen molar-refractivity contribution < 1.29 is 23.1 Å². The van der Waals surface area contributed by atoms with Gasteiger partial charge in [0.2, 0.25) is 0 Å². The smallest absolute Gasteiger partial charge is 0.287 e. The lowest BCUT2D eigenvalue weighted by Crippen LogP contribution is -2.47. The summed E-state index contributed by atoms with van der Waals surface area (Å²) in [5.41, 5.74) is 1.03. The van der Waals surface area contributed by atoms with E-state index < -0.39 is 0 Å². The number of carbonyl (C=O) groups is 1. The third kappa shape index (κ3) is 5.17. The van der Waals surface area contributed by atoms with Crippen LogP contribution in [0.4, 0.5) is 10.1 Å². The van der Waals surface area contributed by atoms with E-state index in [-0.39, 0.29) is 30.1 Å². The Hall–Kier alpha value is -3.48. The highest BCUT2D eigenvalue weighted by Gasteiger charge is 2.24. The lowest BCUT2D eigenvalue weighted by molar-refractivity contribution is 0.0901. The molecule has 1 atom stereocenters. The Morgan fingerprint density at radius 3 is 2.77 bits per heavy atom. The van der Waals surface area contributed by atoms with Crippen molar-refractivity contribution in [2.75, 3.05) is 25.1 Å². The van der Waals surface area contributed by atoms with Crippen LogP contribution in [0.3, 0.4) is 0 Å². The van der Waals surface area contributed by atoms with Gasteiger partial charge in [-0.15, -0.1) is 0 Å². The Kier molecular flexibility index (Phi) is 6.40. The first-order valence-electron chi connectivity index (χ1n) is 10.3. The quantitative estimate of drug-likeness (QED) is 0.609. The highest BCUT2D eigenvalue weighted by molar-refractivity contribution is 5.91. The topological polar surface area (TPSA) is 63.9 Å². The van der Waals surface area contributed by atoms with E-state index in [1.807, 2.05) is 24.3 Å². The largest absolute Gasteiger partial charge is 0.495 e. The minimum absolute atomic E-state index is 0.00942. The number of halogens is 1. The maximum absolute atomic E-state index is 13.0. The molecule has 1 aliphatic rings. The number of ether oxygens (including phenoxy) is 2. The molecule has 1 saturated heterocycles. The van der Waals surface area contributed by atoms with Crippen LogP contribution in [0, 0.1) is 5.82 Å². The van der Waals surface area contributed by atoms with Crippen LogP contribution in [0.2, 0.25) is 0 Å². The lowest BCUT2D eigenvalue weighted by Gasteiger charge is -2.35. The summed E-state index contributed by atoms with van der Waals surface area (Å²) in [7, 11) is 1.66. The molecule has 0 spiro atoms. The minimum Gasteiger partial charge on any atom is -0.495 e. The third-order valence-corrected chi connectivity index (χ3v) is 5.26. The molecule has 1 aromatic heterocycles. The molecule has 0 radical (unpaired) electrons. The van der Waals surface area contributed by atoms with Gasteiger partial charge in [-0.25, -0.2) is 4.39 Å². The van der Waals surface area contributed by atoms with Crippen LogP contribution in [0.25, 0.3) is 0 Å². The van der Waals surface area contributed by atoms with Crippen molar-refractivity contribution in [3.63, 3.8) is 0 Å². The zero-order valence-corrected chi connectivity index (χ0v) is 17.3. The van der Waals surface area contributed by atoms with Crippen LogP contribution < -0.4 is 19.7 Å². The van der Waals surface area contributed by atoms with E-state index in [2.05, 4.69) is 10.2 Å². The van der Waals surface area contributed by atoms with Gasteiger partial charge in [0.15, 0.2) is 5.76 Å². The third-order valence-electron chi connectivity index (χ3n) is 5.26. The first-order chi connectivity index (χ1) is 15.1. The van der Waals surface area contributed by atoms with Crippen LogP contribution in [0.15, 0.2) is 65.1 Å². The number of nitrogens with zero attached hydrogens (tertiary/aromatic N) is 1. The summed E-state index contributed by atoms with van der Waals surface area (Å²) in [5.74, 6) is 1.55. The predicted octanol–water partition coefficient (Wildman–Crippen LogP) is 4.41. The highest BCUT2D eigenvalue weighted by atomic mass is 19.1. The maximum atomic E-state index is 13.0. The van der Waals surface area contributed by atoms with Crippen molar-refractivity contribution in [1.29, 1.82) is 0 Å². The van der Waals surface area contributed by atoms with E-state index in [9.17, 15) is 9.18 Å². The van der Waals surface area contributed by atoms with Gasteiger partial charge in [0, 0.05) is 19.1 Å². The summed E-state index contributed by atoms with van der Waals surface area (Å²) in [6, 6.07) is 17.0. The van der Waals surface area contributed by atoms with Crippen LogP contribution >= 0.6 is 0 Å². The molecule has 4 rings (SSSR count). The first-order valence-corrected chi connectivity index (χ1v) is 10.3. The summed E-state index contributed by atoms with van der Waals surface area (Å²) in [6.07, 6.45) is 1.87. The summed E-state index contributed by atoms with van der Waals surface area (Å²) in [5, 5.41) is 3.07. The average Bonchev–Trinajstić information content (AvgIpc) is 3.28. The van der Waals surface area contributed by atoms with Gasteiger partial charge in [0.25, 0.3) is 5.91 Å². The second-order valence-corrected chi connectivity index (χ2v) is 7.44. The van der Waals surface area contributed by atoms with Gasteiger partial charge in [-0.05, 0) is 61.4 Å². The number of amides is 1. The fourth-order valence-corrected chi connectivity index (χ4v) is 3.72. The van der Waals surface area contributed by atoms with Crippen molar-refractivity contribution in [3.05, 3.63) is 78.0 Å². The molecule has 2 aromatic carbocycles. The SMILES string of the molecule is COc1ccccc1N1CCCC(NC(=O)c2ccc(COc3ccc(F)cc3)o2)C1. The number of benzene rings is 2. The van der Waals surface area contributed by atoms with E-state index in [0.717, 1.165) is 30.8 Å². The molecule has 1 amide bonds. The number of carbonyl (C=O) groups excluding carboxylic acids is 1. The van der Waals surface area contributed by atoms with Crippen molar-refractivity contribution >= 4 is 11.6 Å². The summed E-state index contributed by atoms with van der Waals surface area (Å²) in [6.45, 7) is 1.77. The summed E-state index contributed by atoms with van der Waals surface area (Å²) < 4.78 is 29.6. The molecule has 6 nitrogen and oxygen atoms in total. The number of nitrogens with one attached hydrogen (secondary N) is 1. The van der Waals surface area contributed by atoms with E-state index >= 15 is 0 Å². The van der Waals surface area contributed by atoms with E-state index in [1.165, 1.54) is 12.1 Å². The second-order valence-electron chi connectivity index (χ2n) is 7.44. The number of furan rings is 1. The number of piperidine rings is 1. The molecular formula is C24H25FN2O4. The van der Waals surface area contributed by atoms with Crippen molar-refractivity contribution in [3.8, 4) is 11.5 Å². The Labute approximate surface area is 180 Å². The van der Waals surface area contributed by atoms with Gasteiger partial charge in [-0.2, -0.15) is 0 Å². The molecule has 3 aromatic rings. The normalized spacial score (nSPS) is 16.1. The maximum Gasteiger partial charge on any atom is 0.287 e. The number of hydrogen-bond donors (Lipinski definition) is 1. The molecule has 1 fully saturated rings. The molecule has 31 heavy (non-hydrogen) atoms. The number of rotatable bonds is 7. The monoisotopic (exact) mass is 424 g/mol. The fraction of sp³-hybridized carbons (Fsp3) is 0.292. The molecule has 0 aliphatic carbocycles. The fourth-order valence-electron chi connectivity index (χ4n) is 3.72. The molecule has 7 heteroatoms. The Morgan fingerprint density at radius 1 is 1.16 bits per heavy atom. The van der Waals surface area contributed by atoms with Gasteiger partial charge >= 0.3 is 0 Å². The number of hydrogen-bond acceptors (Lipinski definition) is 5. The molecular weight excluding hydrogens is 399 g/mol. The van der Waals surface area contributed by atoms with E-state index in [4.69, 9.17) is 13.9 Å². The molecule has 1 unspecified atom stereocenters. The van der Waals surface area contributed by atoms with Crippen LogP contribution in [0.1, 0.15) is 29.2 Å². The average molecular weight is 424 g/mol. The van der Waals surface area contributed by atoms with Crippen LogP contribution in [0.5, 0.6) is 11.5 Å². The van der Waals surface area contributed by atoms with Gasteiger partial charge < -0.3 is 24.1 Å². The molecule has 0 bridgehead atoms. The molecule has 1 aliphatic heterocycles. The van der Waals surface area contributed by atoms with E-state index in [1.54, 1.807) is 31.4 Å². The minimum atomic E-state index is -0.323.